The number of nitrogens with one attached hydrogen (secondary N) is 2. The maximum atomic E-state index is 5.41. The number of piperidine rings is 2. The molecule has 0 amide bonds. The number of rotatable bonds is 6. The lowest BCUT2D eigenvalue weighted by Gasteiger charge is -2.50. The van der Waals surface area contributed by atoms with E-state index in [4.69, 9.17) is 9.41 Å². The van der Waals surface area contributed by atoms with Crippen LogP contribution >= 0.6 is 0 Å². The van der Waals surface area contributed by atoms with Crippen LogP contribution in [0.25, 0.3) is 0 Å². The largest absolute Gasteiger partial charge is 0.467 e. The van der Waals surface area contributed by atoms with Crippen molar-refractivity contribution in [2.24, 2.45) is 4.99 Å². The van der Waals surface area contributed by atoms with Crippen LogP contribution in [0, 0.1) is 0 Å². The molecule has 1 aromatic rings. The van der Waals surface area contributed by atoms with Crippen molar-refractivity contribution in [2.75, 3.05) is 46.3 Å². The highest BCUT2D eigenvalue weighted by molar-refractivity contribution is 5.79. The molecule has 146 valence electrons. The van der Waals surface area contributed by atoms with Gasteiger partial charge in [-0.2, -0.15) is 0 Å². The van der Waals surface area contributed by atoms with Gasteiger partial charge in [0, 0.05) is 18.6 Å². The van der Waals surface area contributed by atoms with E-state index < -0.39 is 0 Å². The molecular weight excluding hydrogens is 326 g/mol. The smallest absolute Gasteiger partial charge is 0.191 e. The average Bonchev–Trinajstić information content (AvgIpc) is 3.20. The summed E-state index contributed by atoms with van der Waals surface area (Å²) in [5.41, 5.74) is 0.258. The van der Waals surface area contributed by atoms with Gasteiger partial charge >= 0.3 is 0 Å². The summed E-state index contributed by atoms with van der Waals surface area (Å²) in [5.74, 6) is 1.78. The number of guanidine groups is 1. The molecule has 1 aromatic heterocycles. The zero-order valence-corrected chi connectivity index (χ0v) is 16.5. The van der Waals surface area contributed by atoms with E-state index in [1.807, 2.05) is 12.1 Å². The Hall–Kier alpha value is -1.53. The highest BCUT2D eigenvalue weighted by atomic mass is 16.3. The summed E-state index contributed by atoms with van der Waals surface area (Å²) < 4.78 is 5.41. The highest BCUT2D eigenvalue weighted by Crippen LogP contribution is 2.30. The SMILES string of the molecule is CCNC(=NCc1ccco1)NCC1(N2CCCCC2)CCN(C)CC1. The summed E-state index contributed by atoms with van der Waals surface area (Å²) in [5, 5.41) is 7.02. The Labute approximate surface area is 158 Å². The molecule has 2 aliphatic rings. The first-order valence-electron chi connectivity index (χ1n) is 10.2. The van der Waals surface area contributed by atoms with Crippen LogP contribution in [0.5, 0.6) is 0 Å². The molecule has 0 unspecified atom stereocenters. The second-order valence-electron chi connectivity index (χ2n) is 7.70. The molecule has 0 spiro atoms. The van der Waals surface area contributed by atoms with E-state index in [1.54, 1.807) is 6.26 Å². The summed E-state index contributed by atoms with van der Waals surface area (Å²) in [4.78, 5) is 9.92. The summed E-state index contributed by atoms with van der Waals surface area (Å²) in [6, 6.07) is 3.88. The van der Waals surface area contributed by atoms with Crippen molar-refractivity contribution >= 4 is 5.96 Å². The number of nitrogens with zero attached hydrogens (tertiary/aromatic N) is 3. The summed E-state index contributed by atoms with van der Waals surface area (Å²) in [6.07, 6.45) is 8.22. The maximum absolute atomic E-state index is 5.41. The Kier molecular flexibility index (Phi) is 6.97. The minimum absolute atomic E-state index is 0.258. The van der Waals surface area contributed by atoms with Crippen molar-refractivity contribution in [1.82, 2.24) is 20.4 Å². The molecule has 0 bridgehead atoms. The van der Waals surface area contributed by atoms with Crippen molar-refractivity contribution in [1.29, 1.82) is 0 Å². The molecule has 3 heterocycles. The number of likely N-dealkylation sites (tertiary alicyclic amines) is 2. The molecule has 2 saturated heterocycles. The van der Waals surface area contributed by atoms with Crippen molar-refractivity contribution in [3.8, 4) is 0 Å². The van der Waals surface area contributed by atoms with Crippen LogP contribution in [0.1, 0.15) is 44.8 Å². The predicted molar refractivity (Wildman–Crippen MR) is 106 cm³/mol. The second-order valence-corrected chi connectivity index (χ2v) is 7.70. The van der Waals surface area contributed by atoms with E-state index in [9.17, 15) is 0 Å². The van der Waals surface area contributed by atoms with Crippen LogP contribution < -0.4 is 10.6 Å². The molecule has 6 nitrogen and oxygen atoms in total. The van der Waals surface area contributed by atoms with Crippen LogP contribution in [0.4, 0.5) is 0 Å². The summed E-state index contributed by atoms with van der Waals surface area (Å²) in [6.45, 7) is 9.35. The molecule has 0 saturated carbocycles. The molecule has 0 aromatic carbocycles. The van der Waals surface area contributed by atoms with Gasteiger partial charge in [0.1, 0.15) is 12.3 Å². The standard InChI is InChI=1S/C20H35N5O/c1-3-21-19(22-16-18-8-7-15-26-18)23-17-20(9-13-24(2)14-10-20)25-11-5-4-6-12-25/h7-8,15H,3-6,9-14,16-17H2,1-2H3,(H2,21,22,23). The molecule has 2 aliphatic heterocycles. The number of aliphatic imine (C=N–C) groups is 1. The molecule has 0 aliphatic carbocycles. The third-order valence-corrected chi connectivity index (χ3v) is 5.85. The highest BCUT2D eigenvalue weighted by Gasteiger charge is 2.39. The molecule has 26 heavy (non-hydrogen) atoms. The lowest BCUT2D eigenvalue weighted by Crippen LogP contribution is -2.62. The molecule has 0 radical (unpaired) electrons. The zero-order valence-electron chi connectivity index (χ0n) is 16.5. The summed E-state index contributed by atoms with van der Waals surface area (Å²) in [7, 11) is 2.24. The van der Waals surface area contributed by atoms with Gasteiger partial charge in [-0.15, -0.1) is 0 Å². The Bertz CT molecular complexity index is 543. The quantitative estimate of drug-likeness (QED) is 0.601. The third kappa shape index (κ3) is 5.01. The molecule has 6 heteroatoms. The van der Waals surface area contributed by atoms with Crippen LogP contribution in [0.3, 0.4) is 0 Å². The van der Waals surface area contributed by atoms with Gasteiger partial charge in [0.05, 0.1) is 6.26 Å². The number of furan rings is 1. The van der Waals surface area contributed by atoms with E-state index in [1.165, 1.54) is 58.3 Å². The van der Waals surface area contributed by atoms with E-state index in [-0.39, 0.29) is 5.54 Å². The first-order chi connectivity index (χ1) is 12.7. The van der Waals surface area contributed by atoms with E-state index >= 15 is 0 Å². The lowest BCUT2D eigenvalue weighted by atomic mass is 9.84. The fraction of sp³-hybridized carbons (Fsp3) is 0.750. The first kappa shape index (κ1) is 19.2. The average molecular weight is 362 g/mol. The second kappa shape index (κ2) is 9.42. The first-order valence-corrected chi connectivity index (χ1v) is 10.2. The zero-order chi connectivity index (χ0) is 18.2. The van der Waals surface area contributed by atoms with Crippen LogP contribution in [0.2, 0.25) is 0 Å². The lowest BCUT2D eigenvalue weighted by molar-refractivity contribution is 0.0173. The van der Waals surface area contributed by atoms with Crippen LogP contribution in [-0.2, 0) is 6.54 Å². The molecular formula is C20H35N5O. The van der Waals surface area contributed by atoms with Crippen molar-refractivity contribution in [2.45, 2.75) is 51.1 Å². The Morgan fingerprint density at radius 2 is 1.92 bits per heavy atom. The molecule has 3 rings (SSSR count). The van der Waals surface area contributed by atoms with E-state index in [0.717, 1.165) is 24.8 Å². The van der Waals surface area contributed by atoms with Gasteiger partial charge in [0.25, 0.3) is 0 Å². The molecule has 2 fully saturated rings. The molecule has 2 N–H and O–H groups in total. The van der Waals surface area contributed by atoms with Gasteiger partial charge in [-0.3, -0.25) is 4.90 Å². The van der Waals surface area contributed by atoms with Gasteiger partial charge in [-0.05, 0) is 78.0 Å². The Morgan fingerprint density at radius 1 is 1.15 bits per heavy atom. The monoisotopic (exact) mass is 361 g/mol. The minimum Gasteiger partial charge on any atom is -0.467 e. The normalized spacial score (nSPS) is 22.3. The fourth-order valence-electron chi connectivity index (χ4n) is 4.16. The number of hydrogen-bond acceptors (Lipinski definition) is 4. The van der Waals surface area contributed by atoms with Gasteiger partial charge in [0.2, 0.25) is 0 Å². The van der Waals surface area contributed by atoms with E-state index in [2.05, 4.69) is 34.4 Å². The molecule has 0 atom stereocenters. The van der Waals surface area contributed by atoms with Crippen molar-refractivity contribution < 1.29 is 4.42 Å². The van der Waals surface area contributed by atoms with Crippen molar-refractivity contribution in [3.63, 3.8) is 0 Å². The third-order valence-electron chi connectivity index (χ3n) is 5.85. The minimum atomic E-state index is 0.258. The Balaban J connectivity index is 1.65. The van der Waals surface area contributed by atoms with Gasteiger partial charge < -0.3 is 20.0 Å². The Morgan fingerprint density at radius 3 is 2.58 bits per heavy atom. The van der Waals surface area contributed by atoms with Gasteiger partial charge in [0.15, 0.2) is 5.96 Å². The van der Waals surface area contributed by atoms with Crippen LogP contribution in [-0.4, -0.2) is 67.6 Å². The summed E-state index contributed by atoms with van der Waals surface area (Å²) >= 11 is 0. The van der Waals surface area contributed by atoms with Crippen molar-refractivity contribution in [3.05, 3.63) is 24.2 Å². The van der Waals surface area contributed by atoms with E-state index in [0.29, 0.717) is 6.54 Å². The number of hydrogen-bond donors (Lipinski definition) is 2. The predicted octanol–water partition coefficient (Wildman–Crippen LogP) is 2.29. The topological polar surface area (TPSA) is 56.0 Å². The van der Waals surface area contributed by atoms with Gasteiger partial charge in [-0.25, -0.2) is 4.99 Å². The fourth-order valence-corrected chi connectivity index (χ4v) is 4.16. The van der Waals surface area contributed by atoms with Crippen LogP contribution in [0.15, 0.2) is 27.8 Å². The maximum Gasteiger partial charge on any atom is 0.191 e. The van der Waals surface area contributed by atoms with Gasteiger partial charge in [-0.1, -0.05) is 6.42 Å².